The summed E-state index contributed by atoms with van der Waals surface area (Å²) in [5, 5.41) is 5.83. The summed E-state index contributed by atoms with van der Waals surface area (Å²) in [5.74, 6) is -0.411. The Hall–Kier alpha value is -3.71. The number of nitrogens with zero attached hydrogens (tertiary/aromatic N) is 1. The lowest BCUT2D eigenvalue weighted by Gasteiger charge is -2.32. The molecule has 0 spiro atoms. The second-order valence-electron chi connectivity index (χ2n) is 8.82. The van der Waals surface area contributed by atoms with Gasteiger partial charge >= 0.3 is 0 Å². The molecule has 0 bridgehead atoms. The van der Waals surface area contributed by atoms with Gasteiger partial charge in [0.2, 0.25) is 5.91 Å². The molecule has 1 aliphatic heterocycles. The minimum absolute atomic E-state index is 0.0340. The molecule has 4 rings (SSSR count). The summed E-state index contributed by atoms with van der Waals surface area (Å²) < 4.78 is 0. The number of aryl methyl sites for hydroxylation is 1. The molecule has 2 amide bonds. The Morgan fingerprint density at radius 3 is 2.35 bits per heavy atom. The fraction of sp³-hybridized carbons (Fsp3) is 0.296. The van der Waals surface area contributed by atoms with Crippen molar-refractivity contribution in [2.45, 2.75) is 39.3 Å². The van der Waals surface area contributed by atoms with E-state index in [9.17, 15) is 14.4 Å². The van der Waals surface area contributed by atoms with Crippen LogP contribution < -0.4 is 16.2 Å². The maximum Gasteiger partial charge on any atom is 0.261 e. The quantitative estimate of drug-likeness (QED) is 0.525. The standard InChI is InChI=1S/C27H30N4O3/c1-18-24(21-6-4-3-5-7-21)16-25(26(33)28-18)27(34)30-23-12-14-31(15-13-23)17-20-8-10-22(11-9-20)29-19(2)32/h3-11,16,23H,12-15,17H2,1-2H3,(H,28,33)(H,29,32)(H,30,34). The zero-order chi connectivity index (χ0) is 24.1. The number of aromatic nitrogens is 1. The second-order valence-corrected chi connectivity index (χ2v) is 8.82. The van der Waals surface area contributed by atoms with Crippen molar-refractivity contribution in [3.8, 4) is 11.1 Å². The highest BCUT2D eigenvalue weighted by atomic mass is 16.2. The highest BCUT2D eigenvalue weighted by Gasteiger charge is 2.23. The van der Waals surface area contributed by atoms with Crippen molar-refractivity contribution in [3.05, 3.63) is 87.8 Å². The molecule has 1 aliphatic rings. The maximum absolute atomic E-state index is 12.9. The van der Waals surface area contributed by atoms with E-state index in [1.54, 1.807) is 6.07 Å². The highest BCUT2D eigenvalue weighted by molar-refractivity contribution is 5.95. The molecule has 1 saturated heterocycles. The fourth-order valence-corrected chi connectivity index (χ4v) is 4.36. The lowest BCUT2D eigenvalue weighted by Crippen LogP contribution is -2.45. The summed E-state index contributed by atoms with van der Waals surface area (Å²) in [6, 6.07) is 19.3. The number of nitrogens with one attached hydrogen (secondary N) is 3. The third-order valence-electron chi connectivity index (χ3n) is 6.17. The molecule has 0 atom stereocenters. The maximum atomic E-state index is 12.9. The van der Waals surface area contributed by atoms with Crippen LogP contribution in [0.1, 0.15) is 41.4 Å². The van der Waals surface area contributed by atoms with Gasteiger partial charge in [0.15, 0.2) is 0 Å². The first-order valence-electron chi connectivity index (χ1n) is 11.6. The molecule has 3 aromatic rings. The van der Waals surface area contributed by atoms with E-state index in [0.717, 1.165) is 55.0 Å². The first-order chi connectivity index (χ1) is 16.4. The van der Waals surface area contributed by atoms with E-state index < -0.39 is 0 Å². The van der Waals surface area contributed by atoms with Gasteiger partial charge in [0.05, 0.1) is 0 Å². The number of piperidine rings is 1. The largest absolute Gasteiger partial charge is 0.349 e. The second kappa shape index (κ2) is 10.5. The summed E-state index contributed by atoms with van der Waals surface area (Å²) in [6.07, 6.45) is 1.65. The minimum Gasteiger partial charge on any atom is -0.349 e. The zero-order valence-corrected chi connectivity index (χ0v) is 19.6. The van der Waals surface area contributed by atoms with Crippen molar-refractivity contribution < 1.29 is 9.59 Å². The molecule has 1 fully saturated rings. The molecule has 2 aromatic carbocycles. The molecule has 0 radical (unpaired) electrons. The van der Waals surface area contributed by atoms with Gasteiger partial charge in [-0.2, -0.15) is 0 Å². The normalized spacial score (nSPS) is 14.5. The SMILES string of the molecule is CC(=O)Nc1ccc(CN2CCC(NC(=O)c3cc(-c4ccccc4)c(C)[nH]c3=O)CC2)cc1. The summed E-state index contributed by atoms with van der Waals surface area (Å²) >= 11 is 0. The molecular formula is C27H30N4O3. The van der Waals surface area contributed by atoms with Gasteiger partial charge in [-0.1, -0.05) is 42.5 Å². The number of rotatable bonds is 6. The Labute approximate surface area is 199 Å². The first-order valence-corrected chi connectivity index (χ1v) is 11.6. The van der Waals surface area contributed by atoms with Crippen LogP contribution in [-0.2, 0) is 11.3 Å². The molecule has 1 aromatic heterocycles. The van der Waals surface area contributed by atoms with Gasteiger partial charge in [-0.05, 0) is 49.1 Å². The van der Waals surface area contributed by atoms with Crippen LogP contribution in [0.5, 0.6) is 0 Å². The van der Waals surface area contributed by atoms with Gasteiger partial charge in [0.1, 0.15) is 5.56 Å². The molecule has 3 N–H and O–H groups in total. The Morgan fingerprint density at radius 2 is 1.71 bits per heavy atom. The van der Waals surface area contributed by atoms with Crippen LogP contribution in [0, 0.1) is 6.92 Å². The Kier molecular flexibility index (Phi) is 7.23. The van der Waals surface area contributed by atoms with Crippen molar-refractivity contribution in [1.82, 2.24) is 15.2 Å². The number of pyridine rings is 1. The lowest BCUT2D eigenvalue weighted by atomic mass is 10.0. The number of hydrogen-bond acceptors (Lipinski definition) is 4. The topological polar surface area (TPSA) is 94.3 Å². The van der Waals surface area contributed by atoms with Crippen LogP contribution in [0.25, 0.3) is 11.1 Å². The van der Waals surface area contributed by atoms with Gasteiger partial charge in [-0.25, -0.2) is 0 Å². The number of carbonyl (C=O) groups excluding carboxylic acids is 2. The Bertz CT molecular complexity index is 1210. The molecule has 176 valence electrons. The number of hydrogen-bond donors (Lipinski definition) is 3. The van der Waals surface area contributed by atoms with Crippen LogP contribution in [0.4, 0.5) is 5.69 Å². The van der Waals surface area contributed by atoms with Crippen molar-refractivity contribution in [1.29, 1.82) is 0 Å². The Morgan fingerprint density at radius 1 is 1.03 bits per heavy atom. The molecule has 7 heteroatoms. The highest BCUT2D eigenvalue weighted by Crippen LogP contribution is 2.22. The summed E-state index contributed by atoms with van der Waals surface area (Å²) in [6.45, 7) is 5.87. The van der Waals surface area contributed by atoms with Crippen molar-refractivity contribution >= 4 is 17.5 Å². The van der Waals surface area contributed by atoms with E-state index in [1.807, 2.05) is 61.5 Å². The molecule has 7 nitrogen and oxygen atoms in total. The number of benzene rings is 2. The van der Waals surface area contributed by atoms with Crippen LogP contribution in [0.15, 0.2) is 65.5 Å². The molecular weight excluding hydrogens is 428 g/mol. The molecule has 34 heavy (non-hydrogen) atoms. The van der Waals surface area contributed by atoms with Gasteiger partial charge in [0.25, 0.3) is 11.5 Å². The van der Waals surface area contributed by atoms with E-state index in [1.165, 1.54) is 12.5 Å². The van der Waals surface area contributed by atoms with Crippen molar-refractivity contribution in [2.75, 3.05) is 18.4 Å². The lowest BCUT2D eigenvalue weighted by molar-refractivity contribution is -0.114. The number of amides is 2. The number of carbonyl (C=O) groups is 2. The third kappa shape index (κ3) is 5.80. The molecule has 0 saturated carbocycles. The summed E-state index contributed by atoms with van der Waals surface area (Å²) in [7, 11) is 0. The van der Waals surface area contributed by atoms with Gasteiger partial charge < -0.3 is 15.6 Å². The van der Waals surface area contributed by atoms with Gasteiger partial charge in [0, 0.05) is 49.5 Å². The van der Waals surface area contributed by atoms with Gasteiger partial charge in [-0.15, -0.1) is 0 Å². The predicted octanol–water partition coefficient (Wildman–Crippen LogP) is 3.70. The number of H-pyrrole nitrogens is 1. The summed E-state index contributed by atoms with van der Waals surface area (Å²) in [4.78, 5) is 41.8. The number of likely N-dealkylation sites (tertiary alicyclic amines) is 1. The van der Waals surface area contributed by atoms with E-state index in [-0.39, 0.29) is 29.0 Å². The molecule has 2 heterocycles. The van der Waals surface area contributed by atoms with Crippen molar-refractivity contribution in [2.24, 2.45) is 0 Å². The Balaban J connectivity index is 1.34. The van der Waals surface area contributed by atoms with Crippen molar-refractivity contribution in [3.63, 3.8) is 0 Å². The monoisotopic (exact) mass is 458 g/mol. The third-order valence-corrected chi connectivity index (χ3v) is 6.17. The molecule has 0 aliphatic carbocycles. The first kappa shape index (κ1) is 23.4. The summed E-state index contributed by atoms with van der Waals surface area (Å²) in [5.41, 5.74) is 4.30. The van der Waals surface area contributed by atoms with E-state index in [0.29, 0.717) is 0 Å². The number of aromatic amines is 1. The van der Waals surface area contributed by atoms with E-state index in [4.69, 9.17) is 0 Å². The smallest absolute Gasteiger partial charge is 0.261 e. The van der Waals surface area contributed by atoms with Crippen LogP contribution >= 0.6 is 0 Å². The van der Waals surface area contributed by atoms with Crippen LogP contribution in [0.2, 0.25) is 0 Å². The predicted molar refractivity (Wildman–Crippen MR) is 134 cm³/mol. The van der Waals surface area contributed by atoms with E-state index in [2.05, 4.69) is 20.5 Å². The molecule has 0 unspecified atom stereocenters. The zero-order valence-electron chi connectivity index (χ0n) is 19.6. The van der Waals surface area contributed by atoms with Crippen LogP contribution in [0.3, 0.4) is 0 Å². The average Bonchev–Trinajstić information content (AvgIpc) is 2.82. The van der Waals surface area contributed by atoms with E-state index >= 15 is 0 Å². The van der Waals surface area contributed by atoms with Gasteiger partial charge in [-0.3, -0.25) is 19.3 Å². The minimum atomic E-state index is -0.366. The average molecular weight is 459 g/mol. The van der Waals surface area contributed by atoms with Crippen LogP contribution in [-0.4, -0.2) is 40.8 Å². The number of anilines is 1. The fourth-order valence-electron chi connectivity index (χ4n) is 4.36.